The van der Waals surface area contributed by atoms with Crippen LogP contribution in [0.3, 0.4) is 0 Å². The lowest BCUT2D eigenvalue weighted by molar-refractivity contribution is -0.147. The van der Waals surface area contributed by atoms with Gasteiger partial charge < -0.3 is 9.47 Å². The fraction of sp³-hybridized carbons (Fsp3) is 0.316. The Kier molecular flexibility index (Phi) is 7.97. The lowest BCUT2D eigenvalue weighted by atomic mass is 9.83. The lowest BCUT2D eigenvalue weighted by Gasteiger charge is -2.24. The highest BCUT2D eigenvalue weighted by molar-refractivity contribution is 5.80. The van der Waals surface area contributed by atoms with Crippen LogP contribution in [-0.4, -0.2) is 25.2 Å². The smallest absolute Gasteiger partial charge is 0.306 e. The number of hydrogen-bond donors (Lipinski definition) is 0. The molecule has 0 saturated carbocycles. The van der Waals surface area contributed by atoms with Gasteiger partial charge in [0.05, 0.1) is 6.42 Å². The summed E-state index contributed by atoms with van der Waals surface area (Å²) in [6, 6.07) is 33.5. The number of carbonyl (C=O) groups excluding carboxylic acids is 2. The molecule has 4 nitrogen and oxygen atoms in total. The quantitative estimate of drug-likeness (QED) is 0.137. The number of unbranched alkanes of at least 4 members (excludes halogenated alkanes) is 1. The SMILES string of the molecule is CC(C)(CCCCC(=O)OCC1c2ccccc2-c2ccccc21)CC(=O)OCC1c2ccccc2-c2ccccc21. The molecule has 0 N–H and O–H groups in total. The summed E-state index contributed by atoms with van der Waals surface area (Å²) in [7, 11) is 0. The first kappa shape index (κ1) is 28.0. The second-order valence-electron chi connectivity index (χ2n) is 12.4. The van der Waals surface area contributed by atoms with Crippen molar-refractivity contribution < 1.29 is 19.1 Å². The third-order valence-corrected chi connectivity index (χ3v) is 8.85. The van der Waals surface area contributed by atoms with E-state index in [0.29, 0.717) is 26.1 Å². The van der Waals surface area contributed by atoms with Gasteiger partial charge in [0.1, 0.15) is 13.2 Å². The number of carbonyl (C=O) groups is 2. The molecular formula is C38H38O4. The molecule has 0 amide bonds. The summed E-state index contributed by atoms with van der Waals surface area (Å²) in [5.41, 5.74) is 9.60. The minimum Gasteiger partial charge on any atom is -0.465 e. The van der Waals surface area contributed by atoms with E-state index in [2.05, 4.69) is 86.6 Å². The zero-order valence-corrected chi connectivity index (χ0v) is 24.5. The van der Waals surface area contributed by atoms with Gasteiger partial charge in [-0.2, -0.15) is 0 Å². The fourth-order valence-corrected chi connectivity index (χ4v) is 6.71. The highest BCUT2D eigenvalue weighted by Gasteiger charge is 2.31. The van der Waals surface area contributed by atoms with Gasteiger partial charge in [0, 0.05) is 18.3 Å². The van der Waals surface area contributed by atoms with E-state index < -0.39 is 0 Å². The van der Waals surface area contributed by atoms with Crippen molar-refractivity contribution in [3.63, 3.8) is 0 Å². The van der Waals surface area contributed by atoms with Crippen LogP contribution < -0.4 is 0 Å². The van der Waals surface area contributed by atoms with Gasteiger partial charge in [-0.25, -0.2) is 0 Å². The second-order valence-corrected chi connectivity index (χ2v) is 12.4. The van der Waals surface area contributed by atoms with Crippen LogP contribution in [0.2, 0.25) is 0 Å². The van der Waals surface area contributed by atoms with Crippen LogP contribution in [0.1, 0.15) is 80.0 Å². The van der Waals surface area contributed by atoms with E-state index in [-0.39, 0.29) is 29.2 Å². The summed E-state index contributed by atoms with van der Waals surface area (Å²) in [6.07, 6.45) is 3.18. The zero-order valence-electron chi connectivity index (χ0n) is 24.5. The van der Waals surface area contributed by atoms with E-state index in [1.807, 2.05) is 24.3 Å². The Morgan fingerprint density at radius 3 is 1.38 bits per heavy atom. The molecule has 0 aliphatic heterocycles. The lowest BCUT2D eigenvalue weighted by Crippen LogP contribution is -2.21. The molecule has 0 radical (unpaired) electrons. The van der Waals surface area contributed by atoms with Gasteiger partial charge in [0.15, 0.2) is 0 Å². The topological polar surface area (TPSA) is 52.6 Å². The number of benzene rings is 4. The molecule has 2 aliphatic rings. The van der Waals surface area contributed by atoms with Crippen molar-refractivity contribution in [3.8, 4) is 22.3 Å². The summed E-state index contributed by atoms with van der Waals surface area (Å²) in [6.45, 7) is 4.91. The van der Waals surface area contributed by atoms with Crippen LogP contribution in [0.5, 0.6) is 0 Å². The molecule has 42 heavy (non-hydrogen) atoms. The Balaban J connectivity index is 0.938. The number of ether oxygens (including phenoxy) is 2. The first-order valence-electron chi connectivity index (χ1n) is 15.1. The van der Waals surface area contributed by atoms with E-state index in [0.717, 1.165) is 19.3 Å². The maximum absolute atomic E-state index is 12.9. The Labute approximate surface area is 248 Å². The molecule has 0 heterocycles. The molecule has 0 aromatic heterocycles. The largest absolute Gasteiger partial charge is 0.465 e. The van der Waals surface area contributed by atoms with Crippen LogP contribution in [0.4, 0.5) is 0 Å². The van der Waals surface area contributed by atoms with E-state index in [9.17, 15) is 9.59 Å². The maximum atomic E-state index is 12.9. The molecule has 0 unspecified atom stereocenters. The van der Waals surface area contributed by atoms with Gasteiger partial charge in [0.2, 0.25) is 0 Å². The monoisotopic (exact) mass is 558 g/mol. The molecule has 4 aromatic rings. The Morgan fingerprint density at radius 1 is 0.571 bits per heavy atom. The molecule has 4 aromatic carbocycles. The second kappa shape index (κ2) is 12.0. The minimum absolute atomic E-state index is 0.0710. The Bertz CT molecular complexity index is 1510. The van der Waals surface area contributed by atoms with Crippen LogP contribution in [0.25, 0.3) is 22.3 Å². The predicted molar refractivity (Wildman–Crippen MR) is 166 cm³/mol. The Hall–Kier alpha value is -4.18. The van der Waals surface area contributed by atoms with E-state index in [1.54, 1.807) is 0 Å². The molecule has 0 saturated heterocycles. The van der Waals surface area contributed by atoms with Gasteiger partial charge in [-0.05, 0) is 62.8 Å². The van der Waals surface area contributed by atoms with Gasteiger partial charge >= 0.3 is 11.9 Å². The fourth-order valence-electron chi connectivity index (χ4n) is 6.71. The van der Waals surface area contributed by atoms with Crippen molar-refractivity contribution >= 4 is 11.9 Å². The first-order chi connectivity index (χ1) is 20.4. The normalized spacial score (nSPS) is 13.7. The molecule has 0 fully saturated rings. The summed E-state index contributed by atoms with van der Waals surface area (Å²) in [4.78, 5) is 25.5. The molecule has 0 bridgehead atoms. The van der Waals surface area contributed by atoms with Crippen molar-refractivity contribution in [1.29, 1.82) is 0 Å². The molecule has 214 valence electrons. The van der Waals surface area contributed by atoms with Crippen molar-refractivity contribution in [3.05, 3.63) is 119 Å². The molecule has 0 spiro atoms. The highest BCUT2D eigenvalue weighted by Crippen LogP contribution is 2.45. The standard InChI is InChI=1S/C38H38O4/c1-38(2,23-37(40)42-25-35-32-19-9-5-15-28(32)29-16-6-10-20-33(29)35)22-12-11-21-36(39)41-24-34-30-17-7-3-13-26(30)27-14-4-8-18-31(27)34/h3-10,13-20,34-35H,11-12,21-25H2,1-2H3. The minimum atomic E-state index is -0.205. The number of fused-ring (bicyclic) bond motifs is 6. The van der Waals surface area contributed by atoms with Gasteiger partial charge in [-0.1, -0.05) is 117 Å². The van der Waals surface area contributed by atoms with Gasteiger partial charge in [0.25, 0.3) is 0 Å². The summed E-state index contributed by atoms with van der Waals surface area (Å²) in [5.74, 6) is -0.177. The summed E-state index contributed by atoms with van der Waals surface area (Å²) in [5, 5.41) is 0. The predicted octanol–water partition coefficient (Wildman–Crippen LogP) is 8.67. The highest BCUT2D eigenvalue weighted by atomic mass is 16.5. The zero-order chi connectivity index (χ0) is 29.1. The van der Waals surface area contributed by atoms with Crippen LogP contribution in [0.15, 0.2) is 97.1 Å². The molecule has 6 rings (SSSR count). The van der Waals surface area contributed by atoms with E-state index in [4.69, 9.17) is 9.47 Å². The van der Waals surface area contributed by atoms with Crippen LogP contribution in [0, 0.1) is 5.41 Å². The van der Waals surface area contributed by atoms with E-state index in [1.165, 1.54) is 44.5 Å². The van der Waals surface area contributed by atoms with E-state index >= 15 is 0 Å². The molecule has 0 atom stereocenters. The van der Waals surface area contributed by atoms with Gasteiger partial charge in [-0.15, -0.1) is 0 Å². The van der Waals surface area contributed by atoms with Gasteiger partial charge in [-0.3, -0.25) is 9.59 Å². The molecule has 4 heteroatoms. The third kappa shape index (κ3) is 5.76. The first-order valence-corrected chi connectivity index (χ1v) is 15.1. The van der Waals surface area contributed by atoms with Crippen molar-refractivity contribution in [2.24, 2.45) is 5.41 Å². The maximum Gasteiger partial charge on any atom is 0.306 e. The molecule has 2 aliphatic carbocycles. The summed E-state index contributed by atoms with van der Waals surface area (Å²) >= 11 is 0. The summed E-state index contributed by atoms with van der Waals surface area (Å²) < 4.78 is 11.6. The van der Waals surface area contributed by atoms with Crippen LogP contribution in [-0.2, 0) is 19.1 Å². The van der Waals surface area contributed by atoms with Crippen LogP contribution >= 0.6 is 0 Å². The average Bonchev–Trinajstić information content (AvgIpc) is 3.49. The number of rotatable bonds is 11. The number of esters is 2. The molecular weight excluding hydrogens is 520 g/mol. The van der Waals surface area contributed by atoms with Crippen molar-refractivity contribution in [1.82, 2.24) is 0 Å². The number of hydrogen-bond acceptors (Lipinski definition) is 4. The Morgan fingerprint density at radius 2 is 0.952 bits per heavy atom. The van der Waals surface area contributed by atoms with Crippen molar-refractivity contribution in [2.75, 3.05) is 13.2 Å². The average molecular weight is 559 g/mol. The van der Waals surface area contributed by atoms with Crippen molar-refractivity contribution in [2.45, 2.75) is 57.8 Å². The third-order valence-electron chi connectivity index (χ3n) is 8.85.